The van der Waals surface area contributed by atoms with Gasteiger partial charge in [0.05, 0.1) is 4.88 Å². The molecule has 1 aromatic carbocycles. The van der Waals surface area contributed by atoms with E-state index < -0.39 is 0 Å². The number of carbonyl (C=O) groups is 1. The lowest BCUT2D eigenvalue weighted by atomic mass is 10.3. The highest BCUT2D eigenvalue weighted by molar-refractivity contribution is 14.1. The molecular weight excluding hydrogens is 415 g/mol. The molecule has 0 aliphatic rings. The second kappa shape index (κ2) is 5.97. The Hall–Kier alpha value is -0.400. The highest BCUT2D eigenvalue weighted by Gasteiger charge is 2.12. The van der Waals surface area contributed by atoms with E-state index in [0.29, 0.717) is 4.88 Å². The molecule has 0 aliphatic carbocycles. The largest absolute Gasteiger partial charge is 0.485 e. The second-order valence-electron chi connectivity index (χ2n) is 3.27. The van der Waals surface area contributed by atoms with Crippen molar-refractivity contribution >= 4 is 55.6 Å². The van der Waals surface area contributed by atoms with Crippen molar-refractivity contribution in [2.75, 3.05) is 6.61 Å². The first-order chi connectivity index (χ1) is 8.16. The van der Waals surface area contributed by atoms with Crippen LogP contribution in [0.5, 0.6) is 5.75 Å². The van der Waals surface area contributed by atoms with E-state index in [-0.39, 0.29) is 12.4 Å². The van der Waals surface area contributed by atoms with Crippen molar-refractivity contribution in [3.8, 4) is 5.75 Å². The van der Waals surface area contributed by atoms with E-state index in [9.17, 15) is 4.79 Å². The normalized spacial score (nSPS) is 10.2. The number of ether oxygens (including phenoxy) is 1. The van der Waals surface area contributed by atoms with E-state index in [1.807, 2.05) is 35.7 Å². The van der Waals surface area contributed by atoms with Gasteiger partial charge < -0.3 is 4.74 Å². The van der Waals surface area contributed by atoms with Crippen molar-refractivity contribution in [1.82, 2.24) is 0 Å². The third-order valence-corrected chi connectivity index (χ3v) is 4.59. The summed E-state index contributed by atoms with van der Waals surface area (Å²) in [5.74, 6) is 0.712. The van der Waals surface area contributed by atoms with E-state index in [1.54, 1.807) is 0 Å². The molecule has 2 rings (SSSR count). The van der Waals surface area contributed by atoms with Crippen molar-refractivity contribution in [1.29, 1.82) is 0 Å². The lowest BCUT2D eigenvalue weighted by molar-refractivity contribution is 0.0925. The number of Topliss-reactive ketones (excluding diaryl/α,β-unsaturated/α-hetero) is 1. The van der Waals surface area contributed by atoms with Gasteiger partial charge >= 0.3 is 0 Å². The van der Waals surface area contributed by atoms with Crippen LogP contribution >= 0.6 is 49.9 Å². The highest BCUT2D eigenvalue weighted by Crippen LogP contribution is 2.23. The lowest BCUT2D eigenvalue weighted by Gasteiger charge is -2.05. The third-order valence-electron chi connectivity index (χ3n) is 2.04. The molecule has 0 unspecified atom stereocenters. The predicted molar refractivity (Wildman–Crippen MR) is 81.0 cm³/mol. The van der Waals surface area contributed by atoms with E-state index in [1.165, 1.54) is 11.3 Å². The first kappa shape index (κ1) is 13.0. The smallest absolute Gasteiger partial charge is 0.211 e. The van der Waals surface area contributed by atoms with E-state index in [4.69, 9.17) is 4.74 Å². The summed E-state index contributed by atoms with van der Waals surface area (Å²) in [4.78, 5) is 12.5. The molecule has 0 saturated carbocycles. The summed E-state index contributed by atoms with van der Waals surface area (Å²) >= 11 is 6.96. The summed E-state index contributed by atoms with van der Waals surface area (Å²) in [6.45, 7) is 0.0687. The summed E-state index contributed by atoms with van der Waals surface area (Å²) in [6, 6.07) is 9.49. The average Bonchev–Trinajstić information content (AvgIpc) is 2.72. The van der Waals surface area contributed by atoms with E-state index in [2.05, 4.69) is 38.5 Å². The van der Waals surface area contributed by atoms with Gasteiger partial charge in [-0.1, -0.05) is 6.07 Å². The van der Waals surface area contributed by atoms with Gasteiger partial charge in [0.15, 0.2) is 6.61 Å². The Morgan fingerprint density at radius 1 is 1.41 bits per heavy atom. The number of rotatable bonds is 4. The van der Waals surface area contributed by atoms with Crippen molar-refractivity contribution in [3.63, 3.8) is 0 Å². The fraction of sp³-hybridized carbons (Fsp3) is 0.0833. The van der Waals surface area contributed by atoms with Gasteiger partial charge in [-0.05, 0) is 68.2 Å². The molecule has 1 aromatic heterocycles. The monoisotopic (exact) mass is 422 g/mol. The number of halogens is 2. The van der Waals surface area contributed by atoms with Gasteiger partial charge in [-0.15, -0.1) is 11.3 Å². The minimum absolute atomic E-state index is 0.00858. The summed E-state index contributed by atoms with van der Waals surface area (Å²) < 4.78 is 7.38. The molecule has 0 saturated heterocycles. The highest BCUT2D eigenvalue weighted by atomic mass is 127. The maximum atomic E-state index is 11.8. The van der Waals surface area contributed by atoms with Crippen LogP contribution < -0.4 is 4.74 Å². The molecule has 0 aliphatic heterocycles. The summed E-state index contributed by atoms with van der Waals surface area (Å²) in [5.41, 5.74) is 0. The van der Waals surface area contributed by atoms with E-state index >= 15 is 0 Å². The summed E-state index contributed by atoms with van der Waals surface area (Å²) in [5, 5.41) is 1.88. The van der Waals surface area contributed by atoms with E-state index in [0.717, 1.165) is 13.8 Å². The SMILES string of the molecule is O=C(COc1cccc(I)c1)c1sccc1Br. The molecule has 0 bridgehead atoms. The number of ketones is 1. The molecule has 0 N–H and O–H groups in total. The Morgan fingerprint density at radius 3 is 2.88 bits per heavy atom. The number of thiophene rings is 1. The third kappa shape index (κ3) is 3.53. The molecule has 17 heavy (non-hydrogen) atoms. The van der Waals surface area contributed by atoms with Crippen molar-refractivity contribution in [2.24, 2.45) is 0 Å². The topological polar surface area (TPSA) is 26.3 Å². The Balaban J connectivity index is 1.99. The molecule has 5 heteroatoms. The second-order valence-corrected chi connectivity index (χ2v) is 6.28. The first-order valence-corrected chi connectivity index (χ1v) is 7.56. The Bertz CT molecular complexity index is 539. The van der Waals surface area contributed by atoms with Gasteiger partial charge in [-0.2, -0.15) is 0 Å². The maximum absolute atomic E-state index is 11.8. The van der Waals surface area contributed by atoms with Gasteiger partial charge in [-0.3, -0.25) is 4.79 Å². The van der Waals surface area contributed by atoms with Crippen molar-refractivity contribution < 1.29 is 9.53 Å². The molecular formula is C12H8BrIO2S. The minimum atomic E-state index is -0.00858. The van der Waals surface area contributed by atoms with Crippen LogP contribution in [0.15, 0.2) is 40.2 Å². The van der Waals surface area contributed by atoms with Gasteiger partial charge in [0.25, 0.3) is 0 Å². The zero-order valence-corrected chi connectivity index (χ0v) is 13.2. The molecule has 2 aromatic rings. The van der Waals surface area contributed by atoms with Crippen molar-refractivity contribution in [3.05, 3.63) is 48.6 Å². The van der Waals surface area contributed by atoms with Crippen molar-refractivity contribution in [2.45, 2.75) is 0 Å². The maximum Gasteiger partial charge on any atom is 0.211 e. The van der Waals surface area contributed by atoms with Gasteiger partial charge in [0.1, 0.15) is 5.75 Å². The molecule has 0 radical (unpaired) electrons. The van der Waals surface area contributed by atoms with Gasteiger partial charge in [0.2, 0.25) is 5.78 Å². The quantitative estimate of drug-likeness (QED) is 0.540. The predicted octanol–water partition coefficient (Wildman–Crippen LogP) is 4.38. The zero-order chi connectivity index (χ0) is 12.3. The Morgan fingerprint density at radius 2 is 2.24 bits per heavy atom. The fourth-order valence-corrected chi connectivity index (χ4v) is 3.30. The van der Waals surface area contributed by atoms with Crippen LogP contribution in [0.1, 0.15) is 9.67 Å². The molecule has 0 atom stereocenters. The van der Waals surface area contributed by atoms with Crippen LogP contribution in [0.25, 0.3) is 0 Å². The van der Waals surface area contributed by atoms with Crippen LogP contribution in [-0.2, 0) is 0 Å². The molecule has 0 amide bonds. The number of hydrogen-bond donors (Lipinski definition) is 0. The summed E-state index contributed by atoms with van der Waals surface area (Å²) in [6.07, 6.45) is 0. The molecule has 1 heterocycles. The van der Waals surface area contributed by atoms with Crippen LogP contribution in [0.4, 0.5) is 0 Å². The standard InChI is InChI=1S/C12H8BrIO2S/c13-10-4-5-17-12(10)11(15)7-16-9-3-1-2-8(14)6-9/h1-6H,7H2. The summed E-state index contributed by atoms with van der Waals surface area (Å²) in [7, 11) is 0. The van der Waals surface area contributed by atoms with Crippen LogP contribution in [0, 0.1) is 3.57 Å². The first-order valence-electron chi connectivity index (χ1n) is 4.81. The Labute approximate surface area is 125 Å². The number of hydrogen-bond acceptors (Lipinski definition) is 3. The number of carbonyl (C=O) groups excluding carboxylic acids is 1. The number of benzene rings is 1. The lowest BCUT2D eigenvalue weighted by Crippen LogP contribution is -2.10. The molecule has 0 spiro atoms. The van der Waals surface area contributed by atoms with Crippen LogP contribution in [-0.4, -0.2) is 12.4 Å². The van der Waals surface area contributed by atoms with Gasteiger partial charge in [-0.25, -0.2) is 0 Å². The zero-order valence-electron chi connectivity index (χ0n) is 8.65. The average molecular weight is 423 g/mol. The van der Waals surface area contributed by atoms with Crippen LogP contribution in [0.3, 0.4) is 0 Å². The molecule has 0 fully saturated rings. The van der Waals surface area contributed by atoms with Crippen LogP contribution in [0.2, 0.25) is 0 Å². The van der Waals surface area contributed by atoms with Gasteiger partial charge in [0, 0.05) is 8.04 Å². The molecule has 2 nitrogen and oxygen atoms in total. The molecule has 88 valence electrons. The Kier molecular flexibility index (Phi) is 4.58. The fourth-order valence-electron chi connectivity index (χ4n) is 1.26. The minimum Gasteiger partial charge on any atom is -0.485 e.